The zero-order valence-corrected chi connectivity index (χ0v) is 22.0. The SMILES string of the molecule is CON=C(C(=O)NC1C(=O)N2C(C(=O)O)=C(CSc3nncs3)CS[C@H]12)c1nsc(NP(=O)(O)O)n1. The van der Waals surface area contributed by atoms with Crippen LogP contribution in [0, 0.1) is 0 Å². The molecule has 0 radical (unpaired) electrons. The van der Waals surface area contributed by atoms with E-state index < -0.39 is 42.7 Å². The molecule has 2 amide bonds. The number of rotatable bonds is 10. The fourth-order valence-corrected chi connectivity index (χ4v) is 7.36. The molecule has 1 saturated heterocycles. The number of aromatic nitrogens is 4. The number of hydrogen-bond acceptors (Lipinski definition) is 14. The van der Waals surface area contributed by atoms with Crippen molar-refractivity contribution >= 4 is 82.8 Å². The molecular weight excluding hydrogens is 579 g/mol. The molecule has 2 aliphatic heterocycles. The van der Waals surface area contributed by atoms with E-state index >= 15 is 0 Å². The van der Waals surface area contributed by atoms with E-state index in [0.717, 1.165) is 12.0 Å². The molecule has 0 spiro atoms. The van der Waals surface area contributed by atoms with Gasteiger partial charge in [-0.3, -0.25) is 19.6 Å². The van der Waals surface area contributed by atoms with Gasteiger partial charge in [-0.2, -0.15) is 9.36 Å². The number of hydrogen-bond donors (Lipinski definition) is 5. The maximum absolute atomic E-state index is 12.9. The first-order valence-corrected chi connectivity index (χ1v) is 14.8. The van der Waals surface area contributed by atoms with E-state index in [0.29, 0.717) is 33.0 Å². The molecule has 2 aliphatic rings. The average Bonchev–Trinajstić information content (AvgIpc) is 3.49. The molecule has 0 aliphatic carbocycles. The Hall–Kier alpha value is -2.61. The van der Waals surface area contributed by atoms with Gasteiger partial charge in [0.1, 0.15) is 29.7 Å². The summed E-state index contributed by atoms with van der Waals surface area (Å²) in [5.41, 5.74) is 1.53. The Balaban J connectivity index is 1.47. The van der Waals surface area contributed by atoms with Crippen molar-refractivity contribution in [3.63, 3.8) is 0 Å². The summed E-state index contributed by atoms with van der Waals surface area (Å²) in [7, 11) is -3.49. The van der Waals surface area contributed by atoms with Crippen LogP contribution in [0.4, 0.5) is 5.13 Å². The Morgan fingerprint density at radius 1 is 1.42 bits per heavy atom. The van der Waals surface area contributed by atoms with Crippen LogP contribution in [-0.4, -0.2) is 92.9 Å². The van der Waals surface area contributed by atoms with Crippen LogP contribution >= 0.6 is 54.1 Å². The van der Waals surface area contributed by atoms with Gasteiger partial charge in [0, 0.05) is 23.0 Å². The summed E-state index contributed by atoms with van der Waals surface area (Å²) in [6.45, 7) is 0. The van der Waals surface area contributed by atoms with Crippen LogP contribution in [-0.2, 0) is 23.8 Å². The van der Waals surface area contributed by atoms with Gasteiger partial charge in [-0.05, 0) is 5.57 Å². The topological polar surface area (TPSA) is 229 Å². The van der Waals surface area contributed by atoms with Crippen molar-refractivity contribution < 1.29 is 38.7 Å². The lowest BCUT2D eigenvalue weighted by Gasteiger charge is -2.49. The Bertz CT molecular complexity index is 1290. The maximum atomic E-state index is 12.9. The fraction of sp³-hybridized carbons (Fsp3) is 0.333. The third-order valence-electron chi connectivity index (χ3n) is 4.52. The number of nitrogens with zero attached hydrogens (tertiary/aromatic N) is 6. The second kappa shape index (κ2) is 10.8. The first-order chi connectivity index (χ1) is 17.1. The lowest BCUT2D eigenvalue weighted by atomic mass is 10.0. The van der Waals surface area contributed by atoms with Crippen LogP contribution in [0.5, 0.6) is 0 Å². The third-order valence-corrected chi connectivity index (χ3v) is 9.09. The smallest absolute Gasteiger partial charge is 0.429 e. The number of carbonyl (C=O) groups is 3. The van der Waals surface area contributed by atoms with Gasteiger partial charge in [0.2, 0.25) is 16.7 Å². The van der Waals surface area contributed by atoms with Gasteiger partial charge < -0.3 is 25.0 Å². The van der Waals surface area contributed by atoms with E-state index in [1.54, 1.807) is 5.51 Å². The Labute approximate surface area is 218 Å². The lowest BCUT2D eigenvalue weighted by molar-refractivity contribution is -0.150. The van der Waals surface area contributed by atoms with E-state index in [1.807, 2.05) is 5.09 Å². The highest BCUT2D eigenvalue weighted by molar-refractivity contribution is 8.01. The van der Waals surface area contributed by atoms with Crippen molar-refractivity contribution in [3.8, 4) is 0 Å². The summed E-state index contributed by atoms with van der Waals surface area (Å²) >= 11 is 4.49. The molecule has 0 aromatic carbocycles. The van der Waals surface area contributed by atoms with Crippen molar-refractivity contribution in [3.05, 3.63) is 22.6 Å². The molecular formula is C15H15N8O8PS4. The van der Waals surface area contributed by atoms with Gasteiger partial charge >= 0.3 is 13.7 Å². The van der Waals surface area contributed by atoms with Crippen LogP contribution in [0.2, 0.25) is 0 Å². The fourth-order valence-electron chi connectivity index (χ4n) is 3.14. The zero-order valence-electron chi connectivity index (χ0n) is 17.8. The standard InChI is InChI=1S/C15H15N8O8PS4/c1-31-20-6(9-18-14(36-22-9)21-32(28,29)30)10(24)17-7-11(25)23-8(13(26)27)5(2-33-12(7)23)3-34-15-19-16-4-35-15/h4,7,12H,2-3H2,1H3,(H,17,24)(H,26,27)(H3,18,21,22,28,29,30)/t7?,12-/m1/s1. The molecule has 1 unspecified atom stereocenters. The molecule has 0 saturated carbocycles. The number of aliphatic carboxylic acids is 1. The highest BCUT2D eigenvalue weighted by Crippen LogP contribution is 2.42. The van der Waals surface area contributed by atoms with Gasteiger partial charge in [0.05, 0.1) is 0 Å². The summed E-state index contributed by atoms with van der Waals surface area (Å²) < 4.78 is 15.6. The average molecular weight is 595 g/mol. The van der Waals surface area contributed by atoms with Crippen molar-refractivity contribution in [2.75, 3.05) is 23.7 Å². The van der Waals surface area contributed by atoms with Crippen LogP contribution in [0.25, 0.3) is 0 Å². The number of carboxylic acids is 1. The number of carbonyl (C=O) groups excluding carboxylic acids is 2. The molecule has 4 rings (SSSR count). The second-order valence-electron chi connectivity index (χ2n) is 6.81. The Kier molecular flexibility index (Phi) is 7.93. The first kappa shape index (κ1) is 26.5. The first-order valence-electron chi connectivity index (χ1n) is 9.48. The summed E-state index contributed by atoms with van der Waals surface area (Å²) in [4.78, 5) is 65.3. The van der Waals surface area contributed by atoms with Crippen LogP contribution < -0.4 is 10.4 Å². The van der Waals surface area contributed by atoms with Crippen LogP contribution in [0.3, 0.4) is 0 Å². The zero-order chi connectivity index (χ0) is 26.0. The van der Waals surface area contributed by atoms with Gasteiger partial charge in [-0.15, -0.1) is 22.0 Å². The van der Waals surface area contributed by atoms with E-state index in [1.165, 1.54) is 34.9 Å². The minimum atomic E-state index is -4.65. The molecule has 2 atom stereocenters. The highest BCUT2D eigenvalue weighted by Gasteiger charge is 2.54. The largest absolute Gasteiger partial charge is 0.477 e. The molecule has 16 nitrogen and oxygen atoms in total. The predicted molar refractivity (Wildman–Crippen MR) is 129 cm³/mol. The number of amides is 2. The summed E-state index contributed by atoms with van der Waals surface area (Å²) in [6, 6.07) is -1.05. The number of oxime groups is 1. The normalized spacial score (nSPS) is 20.0. The van der Waals surface area contributed by atoms with E-state index in [-0.39, 0.29) is 16.7 Å². The number of carboxylic acid groups (broad SMARTS) is 1. The summed E-state index contributed by atoms with van der Waals surface area (Å²) in [5.74, 6) is -2.44. The van der Waals surface area contributed by atoms with E-state index in [4.69, 9.17) is 9.79 Å². The molecule has 21 heteroatoms. The Morgan fingerprint density at radius 2 is 2.19 bits per heavy atom. The van der Waals surface area contributed by atoms with Crippen molar-refractivity contribution in [1.82, 2.24) is 29.8 Å². The molecule has 4 heterocycles. The molecule has 1 fully saturated rings. The lowest BCUT2D eigenvalue weighted by Crippen LogP contribution is -2.71. The third kappa shape index (κ3) is 5.69. The predicted octanol–water partition coefficient (Wildman–Crippen LogP) is -0.224. The second-order valence-corrected chi connectivity index (χ2v) is 12.0. The molecule has 5 N–H and O–H groups in total. The Morgan fingerprint density at radius 3 is 2.83 bits per heavy atom. The van der Waals surface area contributed by atoms with Crippen LogP contribution in [0.15, 0.2) is 26.3 Å². The molecule has 0 bridgehead atoms. The summed E-state index contributed by atoms with van der Waals surface area (Å²) in [6.07, 6.45) is 0. The minimum absolute atomic E-state index is 0.133. The van der Waals surface area contributed by atoms with Crippen molar-refractivity contribution in [2.24, 2.45) is 5.16 Å². The number of anilines is 1. The minimum Gasteiger partial charge on any atom is -0.477 e. The van der Waals surface area contributed by atoms with Crippen molar-refractivity contribution in [2.45, 2.75) is 15.8 Å². The summed E-state index contributed by atoms with van der Waals surface area (Å²) in [5, 5.41) is 24.4. The number of nitrogens with one attached hydrogen (secondary N) is 2. The molecule has 36 heavy (non-hydrogen) atoms. The van der Waals surface area contributed by atoms with Crippen LogP contribution in [0.1, 0.15) is 5.82 Å². The highest BCUT2D eigenvalue weighted by atomic mass is 32.2. The number of fused-ring (bicyclic) bond motifs is 1. The van der Waals surface area contributed by atoms with Gasteiger partial charge in [0.15, 0.2) is 4.34 Å². The van der Waals surface area contributed by atoms with Gasteiger partial charge in [-0.25, -0.2) is 9.36 Å². The van der Waals surface area contributed by atoms with Gasteiger partial charge in [0.25, 0.3) is 11.8 Å². The number of thioether (sulfide) groups is 2. The maximum Gasteiger partial charge on any atom is 0.429 e. The number of β-lactam (4-membered cyclic amide) rings is 1. The van der Waals surface area contributed by atoms with E-state index in [9.17, 15) is 24.1 Å². The molecule has 2 aromatic heterocycles. The monoisotopic (exact) mass is 594 g/mol. The van der Waals surface area contributed by atoms with E-state index in [2.05, 4.69) is 34.9 Å². The quantitative estimate of drug-likeness (QED) is 0.0787. The molecule has 192 valence electrons. The van der Waals surface area contributed by atoms with Crippen molar-refractivity contribution in [1.29, 1.82) is 0 Å². The molecule has 2 aromatic rings. The van der Waals surface area contributed by atoms with Gasteiger partial charge in [-0.1, -0.05) is 28.3 Å².